The van der Waals surface area contributed by atoms with Gasteiger partial charge in [-0.25, -0.2) is 0 Å². The normalized spacial score (nSPS) is 40.2. The number of nitrogens with one attached hydrogen (secondary N) is 1. The van der Waals surface area contributed by atoms with Crippen molar-refractivity contribution in [3.63, 3.8) is 0 Å². The fourth-order valence-electron chi connectivity index (χ4n) is 6.26. The molecule has 1 aliphatic heterocycles. The largest absolute Gasteiger partial charge is 0.392 e. The molecule has 4 nitrogen and oxygen atoms in total. The molecule has 3 aliphatic carbocycles. The average molecular weight is 448 g/mol. The minimum absolute atomic E-state index is 0.0902. The zero-order valence-electron chi connectivity index (χ0n) is 17.3. The molecule has 30 heavy (non-hydrogen) atoms. The van der Waals surface area contributed by atoms with E-state index in [2.05, 4.69) is 5.32 Å². The van der Waals surface area contributed by atoms with Crippen LogP contribution in [0.5, 0.6) is 0 Å². The quantitative estimate of drug-likeness (QED) is 0.588. The van der Waals surface area contributed by atoms with E-state index >= 15 is 0 Å². The van der Waals surface area contributed by atoms with Crippen molar-refractivity contribution < 1.29 is 27.5 Å². The van der Waals surface area contributed by atoms with Gasteiger partial charge in [-0.15, -0.1) is 0 Å². The second kappa shape index (κ2) is 9.39. The van der Waals surface area contributed by atoms with Gasteiger partial charge in [0.05, 0.1) is 23.9 Å². The first-order valence-corrected chi connectivity index (χ1v) is 12.4. The van der Waals surface area contributed by atoms with Crippen molar-refractivity contribution >= 4 is 22.9 Å². The van der Waals surface area contributed by atoms with Crippen LogP contribution in [0.3, 0.4) is 0 Å². The molecule has 4 rings (SSSR count). The second-order valence-electron chi connectivity index (χ2n) is 9.78. The smallest absolute Gasteiger partial charge is 0.378 e. The van der Waals surface area contributed by atoms with Crippen molar-refractivity contribution in [2.45, 2.75) is 88.2 Å². The second-order valence-corrected chi connectivity index (χ2v) is 11.0. The molecule has 3 saturated carbocycles. The molecule has 7 atom stereocenters. The van der Waals surface area contributed by atoms with Crippen LogP contribution < -0.4 is 5.32 Å². The Balaban J connectivity index is 1.22. The average Bonchev–Trinajstić information content (AvgIpc) is 3.02. The fraction of sp³-hybridized carbons (Fsp3) is 0.909. The van der Waals surface area contributed by atoms with Crippen molar-refractivity contribution in [1.29, 1.82) is 0 Å². The SMILES string of the molecule is O=C1NC(=O)C(CC2CCC3CC(OCC4CCCCC4C(F)(F)F)CCC3C2)S1. The number of alkyl halides is 3. The van der Waals surface area contributed by atoms with Crippen LogP contribution in [0.2, 0.25) is 0 Å². The number of amides is 2. The van der Waals surface area contributed by atoms with Crippen LogP contribution in [-0.4, -0.2) is 35.3 Å². The summed E-state index contributed by atoms with van der Waals surface area (Å²) in [6, 6.07) is 0. The number of fused-ring (bicyclic) bond motifs is 1. The first-order valence-electron chi connectivity index (χ1n) is 11.5. The summed E-state index contributed by atoms with van der Waals surface area (Å²) in [6.07, 6.45) is 5.36. The molecule has 2 amide bonds. The van der Waals surface area contributed by atoms with Crippen molar-refractivity contribution in [2.24, 2.45) is 29.6 Å². The van der Waals surface area contributed by atoms with Gasteiger partial charge in [0.25, 0.3) is 5.24 Å². The lowest BCUT2D eigenvalue weighted by Crippen LogP contribution is -2.38. The Kier molecular flexibility index (Phi) is 7.02. The van der Waals surface area contributed by atoms with Crippen molar-refractivity contribution in [2.75, 3.05) is 6.61 Å². The summed E-state index contributed by atoms with van der Waals surface area (Å²) in [6.45, 7) is 0.247. The molecule has 0 aromatic rings. The van der Waals surface area contributed by atoms with Gasteiger partial charge in [0.1, 0.15) is 0 Å². The molecule has 0 bridgehead atoms. The van der Waals surface area contributed by atoms with E-state index in [1.807, 2.05) is 0 Å². The lowest BCUT2D eigenvalue weighted by molar-refractivity contribution is -0.204. The zero-order chi connectivity index (χ0) is 21.3. The van der Waals surface area contributed by atoms with Crippen LogP contribution in [0, 0.1) is 29.6 Å². The van der Waals surface area contributed by atoms with Crippen molar-refractivity contribution in [1.82, 2.24) is 5.32 Å². The van der Waals surface area contributed by atoms with Gasteiger partial charge in [-0.2, -0.15) is 13.2 Å². The van der Waals surface area contributed by atoms with Gasteiger partial charge in [0.2, 0.25) is 5.91 Å². The number of hydrogen-bond acceptors (Lipinski definition) is 4. The lowest BCUT2D eigenvalue weighted by Gasteiger charge is -2.43. The molecule has 170 valence electrons. The third kappa shape index (κ3) is 5.34. The summed E-state index contributed by atoms with van der Waals surface area (Å²) >= 11 is 1.12. The molecule has 0 aromatic heterocycles. The predicted octanol–water partition coefficient (Wildman–Crippen LogP) is 5.70. The van der Waals surface area contributed by atoms with Crippen LogP contribution in [0.25, 0.3) is 0 Å². The molecule has 1 saturated heterocycles. The van der Waals surface area contributed by atoms with E-state index in [0.29, 0.717) is 30.6 Å². The number of carbonyl (C=O) groups is 2. The Hall–Kier alpha value is -0.760. The standard InChI is InChI=1S/C22H32F3NO3S/c23-22(24,25)18-4-2-1-3-16(18)12-29-17-8-7-14-9-13(5-6-15(14)11-17)10-19-20(27)26-21(28)30-19/h13-19H,1-12H2,(H,26,27,28). The maximum Gasteiger partial charge on any atom is 0.392 e. The maximum atomic E-state index is 13.3. The number of ether oxygens (including phenoxy) is 1. The first-order chi connectivity index (χ1) is 14.3. The summed E-state index contributed by atoms with van der Waals surface area (Å²) in [5.74, 6) is -0.0554. The van der Waals surface area contributed by atoms with Crippen LogP contribution in [-0.2, 0) is 9.53 Å². The van der Waals surface area contributed by atoms with Gasteiger partial charge in [0.15, 0.2) is 0 Å². The molecule has 1 N–H and O–H groups in total. The molecule has 7 unspecified atom stereocenters. The number of hydrogen-bond donors (Lipinski definition) is 1. The third-order valence-electron chi connectivity index (χ3n) is 7.86. The van der Waals surface area contributed by atoms with E-state index in [1.165, 1.54) is 0 Å². The van der Waals surface area contributed by atoms with Crippen LogP contribution >= 0.6 is 11.8 Å². The van der Waals surface area contributed by atoms with Crippen LogP contribution in [0.15, 0.2) is 0 Å². The Bertz CT molecular complexity index is 644. The minimum atomic E-state index is -4.11. The number of imide groups is 1. The Labute approximate surface area is 180 Å². The van der Waals surface area contributed by atoms with E-state index in [9.17, 15) is 22.8 Å². The zero-order valence-corrected chi connectivity index (χ0v) is 18.1. The molecular formula is C22H32F3NO3S. The molecule has 1 heterocycles. The Morgan fingerprint density at radius 3 is 2.43 bits per heavy atom. The fourth-order valence-corrected chi connectivity index (χ4v) is 7.21. The summed E-state index contributed by atoms with van der Waals surface area (Å²) in [4.78, 5) is 23.2. The predicted molar refractivity (Wildman–Crippen MR) is 109 cm³/mol. The van der Waals surface area contributed by atoms with Gasteiger partial charge in [0, 0.05) is 0 Å². The summed E-state index contributed by atoms with van der Waals surface area (Å²) < 4.78 is 46.0. The van der Waals surface area contributed by atoms with E-state index in [0.717, 1.165) is 63.1 Å². The monoisotopic (exact) mass is 447 g/mol. The first kappa shape index (κ1) is 22.4. The number of halogens is 3. The van der Waals surface area contributed by atoms with Gasteiger partial charge in [-0.05, 0) is 75.0 Å². The van der Waals surface area contributed by atoms with Crippen LogP contribution in [0.4, 0.5) is 18.0 Å². The summed E-state index contributed by atoms with van der Waals surface area (Å²) in [5.41, 5.74) is 0. The molecule has 0 spiro atoms. The lowest BCUT2D eigenvalue weighted by atomic mass is 9.66. The highest BCUT2D eigenvalue weighted by atomic mass is 32.2. The van der Waals surface area contributed by atoms with Crippen molar-refractivity contribution in [3.05, 3.63) is 0 Å². The van der Waals surface area contributed by atoms with E-state index in [4.69, 9.17) is 4.74 Å². The van der Waals surface area contributed by atoms with Gasteiger partial charge < -0.3 is 4.74 Å². The van der Waals surface area contributed by atoms with Crippen molar-refractivity contribution in [3.8, 4) is 0 Å². The number of rotatable bonds is 5. The highest BCUT2D eigenvalue weighted by Crippen LogP contribution is 2.46. The minimum Gasteiger partial charge on any atom is -0.378 e. The topological polar surface area (TPSA) is 55.4 Å². The number of thioether (sulfide) groups is 1. The van der Waals surface area contributed by atoms with Crippen LogP contribution in [0.1, 0.15) is 70.6 Å². The summed E-state index contributed by atoms with van der Waals surface area (Å²) in [7, 11) is 0. The van der Waals surface area contributed by atoms with Gasteiger partial charge >= 0.3 is 6.18 Å². The van der Waals surface area contributed by atoms with Gasteiger partial charge in [-0.1, -0.05) is 31.0 Å². The van der Waals surface area contributed by atoms with Gasteiger partial charge in [-0.3, -0.25) is 14.9 Å². The number of carbonyl (C=O) groups excluding carboxylic acids is 2. The van der Waals surface area contributed by atoms with E-state index in [1.54, 1.807) is 0 Å². The highest BCUT2D eigenvalue weighted by Gasteiger charge is 2.46. The molecule has 0 aromatic carbocycles. The Morgan fingerprint density at radius 2 is 1.70 bits per heavy atom. The third-order valence-corrected chi connectivity index (χ3v) is 8.87. The molecular weight excluding hydrogens is 415 g/mol. The molecule has 8 heteroatoms. The Morgan fingerprint density at radius 1 is 0.967 bits per heavy atom. The molecule has 0 radical (unpaired) electrons. The van der Waals surface area contributed by atoms with E-state index < -0.39 is 12.1 Å². The molecule has 4 aliphatic rings. The maximum absolute atomic E-state index is 13.3. The highest BCUT2D eigenvalue weighted by molar-refractivity contribution is 8.15. The summed E-state index contributed by atoms with van der Waals surface area (Å²) in [5, 5.41) is 1.90. The molecule has 4 fully saturated rings. The van der Waals surface area contributed by atoms with E-state index in [-0.39, 0.29) is 41.4 Å².